The smallest absolute Gasteiger partial charge is 0.251 e. The van der Waals surface area contributed by atoms with E-state index in [1.807, 2.05) is 17.9 Å². The van der Waals surface area contributed by atoms with Gasteiger partial charge in [0, 0.05) is 37.4 Å². The molecule has 3 aliphatic rings. The molecule has 4 rings (SSSR count). The van der Waals surface area contributed by atoms with E-state index in [1.54, 1.807) is 26.2 Å². The highest BCUT2D eigenvalue weighted by Gasteiger charge is 2.63. The summed E-state index contributed by atoms with van der Waals surface area (Å²) in [6.07, 6.45) is 2.24. The van der Waals surface area contributed by atoms with Crippen LogP contribution in [0.4, 0.5) is 0 Å². The van der Waals surface area contributed by atoms with Crippen LogP contribution in [0.1, 0.15) is 35.7 Å². The molecule has 3 saturated heterocycles. The lowest BCUT2D eigenvalue weighted by Gasteiger charge is -2.29. The molecule has 4 atom stereocenters. The first-order chi connectivity index (χ1) is 12.4. The van der Waals surface area contributed by atoms with Gasteiger partial charge in [0.2, 0.25) is 5.91 Å². The molecule has 0 saturated carbocycles. The molecule has 6 heteroatoms. The summed E-state index contributed by atoms with van der Waals surface area (Å²) in [5, 5.41) is 3.09. The first-order valence-corrected chi connectivity index (χ1v) is 9.30. The number of nitrogens with one attached hydrogen (secondary N) is 1. The van der Waals surface area contributed by atoms with E-state index in [4.69, 9.17) is 9.47 Å². The van der Waals surface area contributed by atoms with Crippen molar-refractivity contribution < 1.29 is 19.1 Å². The molecule has 2 bridgehead atoms. The highest BCUT2D eigenvalue weighted by molar-refractivity contribution is 5.95. The molecular formula is C20H26N2O4. The minimum absolute atomic E-state index is 0.0663. The molecule has 0 radical (unpaired) electrons. The third kappa shape index (κ3) is 2.67. The summed E-state index contributed by atoms with van der Waals surface area (Å²) in [5.74, 6) is 1.39. The predicted molar refractivity (Wildman–Crippen MR) is 96.1 cm³/mol. The monoisotopic (exact) mass is 358 g/mol. The lowest BCUT2D eigenvalue weighted by Crippen LogP contribution is -2.42. The number of methoxy groups -OCH3 is 1. The maximum Gasteiger partial charge on any atom is 0.251 e. The van der Waals surface area contributed by atoms with Crippen LogP contribution in [-0.2, 0) is 9.53 Å². The van der Waals surface area contributed by atoms with Crippen LogP contribution in [-0.4, -0.2) is 55.2 Å². The molecule has 0 unspecified atom stereocenters. The molecule has 1 aromatic carbocycles. The SMILES string of the molecule is COc1ccc(C(=O)NC[C@H]2[C@H]3CN(C(C)=O)C[C@]34CC[C@H]2O4)c(C)c1. The van der Waals surface area contributed by atoms with E-state index in [-0.39, 0.29) is 29.4 Å². The summed E-state index contributed by atoms with van der Waals surface area (Å²) in [4.78, 5) is 26.3. The number of fused-ring (bicyclic) bond motifs is 1. The van der Waals surface area contributed by atoms with Crippen LogP contribution < -0.4 is 10.1 Å². The first-order valence-electron chi connectivity index (χ1n) is 9.30. The van der Waals surface area contributed by atoms with Crippen molar-refractivity contribution in [3.8, 4) is 5.75 Å². The standard InChI is InChI=1S/C20H26N2O4/c1-12-8-14(25-3)4-5-15(12)19(24)21-9-16-17-10-22(13(2)23)11-20(17)7-6-18(16)26-20/h4-5,8,16-18H,6-7,9-11H2,1-3H3,(H,21,24)/t16-,17+,18+,20+/m0/s1. The third-order valence-corrected chi connectivity index (χ3v) is 6.41. The topological polar surface area (TPSA) is 67.9 Å². The number of rotatable bonds is 4. The van der Waals surface area contributed by atoms with E-state index in [0.717, 1.165) is 30.7 Å². The predicted octanol–water partition coefficient (Wildman–Crippen LogP) is 1.76. The van der Waals surface area contributed by atoms with Gasteiger partial charge in [-0.3, -0.25) is 9.59 Å². The van der Waals surface area contributed by atoms with Gasteiger partial charge in [-0.25, -0.2) is 0 Å². The molecule has 1 N–H and O–H groups in total. The quantitative estimate of drug-likeness (QED) is 0.891. The summed E-state index contributed by atoms with van der Waals surface area (Å²) in [5.41, 5.74) is 1.38. The Kier molecular flexibility index (Phi) is 4.18. The maximum atomic E-state index is 12.6. The Morgan fingerprint density at radius 3 is 2.92 bits per heavy atom. The molecule has 0 aromatic heterocycles. The van der Waals surface area contributed by atoms with E-state index in [9.17, 15) is 9.59 Å². The van der Waals surface area contributed by atoms with Gasteiger partial charge in [0.25, 0.3) is 5.91 Å². The zero-order chi connectivity index (χ0) is 18.5. The van der Waals surface area contributed by atoms with Gasteiger partial charge in [-0.15, -0.1) is 0 Å². The Bertz CT molecular complexity index is 749. The molecule has 26 heavy (non-hydrogen) atoms. The molecule has 3 heterocycles. The minimum atomic E-state index is -0.179. The number of carbonyl (C=O) groups excluding carboxylic acids is 2. The Morgan fingerprint density at radius 1 is 1.42 bits per heavy atom. The molecule has 2 amide bonds. The van der Waals surface area contributed by atoms with Gasteiger partial charge in [-0.1, -0.05) is 0 Å². The second-order valence-electron chi connectivity index (χ2n) is 7.82. The van der Waals surface area contributed by atoms with Crippen molar-refractivity contribution >= 4 is 11.8 Å². The van der Waals surface area contributed by atoms with Crippen molar-refractivity contribution in [2.24, 2.45) is 11.8 Å². The van der Waals surface area contributed by atoms with Crippen molar-refractivity contribution in [3.63, 3.8) is 0 Å². The van der Waals surface area contributed by atoms with Gasteiger partial charge < -0.3 is 19.7 Å². The highest BCUT2D eigenvalue weighted by atomic mass is 16.5. The molecular weight excluding hydrogens is 332 g/mol. The number of likely N-dealkylation sites (tertiary alicyclic amines) is 1. The number of carbonyl (C=O) groups is 2. The van der Waals surface area contributed by atoms with Crippen LogP contribution in [0.25, 0.3) is 0 Å². The minimum Gasteiger partial charge on any atom is -0.497 e. The zero-order valence-corrected chi connectivity index (χ0v) is 15.6. The van der Waals surface area contributed by atoms with E-state index >= 15 is 0 Å². The molecule has 1 spiro atoms. The number of benzene rings is 1. The second-order valence-corrected chi connectivity index (χ2v) is 7.82. The number of nitrogens with zero attached hydrogens (tertiary/aromatic N) is 1. The van der Waals surface area contributed by atoms with E-state index in [1.165, 1.54) is 0 Å². The fraction of sp³-hybridized carbons (Fsp3) is 0.600. The van der Waals surface area contributed by atoms with Gasteiger partial charge >= 0.3 is 0 Å². The van der Waals surface area contributed by atoms with Crippen LogP contribution >= 0.6 is 0 Å². The van der Waals surface area contributed by atoms with Crippen LogP contribution in [0, 0.1) is 18.8 Å². The number of hydrogen-bond donors (Lipinski definition) is 1. The second kappa shape index (κ2) is 6.27. The zero-order valence-electron chi connectivity index (χ0n) is 15.6. The normalized spacial score (nSPS) is 31.8. The summed E-state index contributed by atoms with van der Waals surface area (Å²) >= 11 is 0. The average Bonchev–Trinajstić information content (AvgIpc) is 3.27. The third-order valence-electron chi connectivity index (χ3n) is 6.41. The van der Waals surface area contributed by atoms with E-state index in [2.05, 4.69) is 5.32 Å². The maximum absolute atomic E-state index is 12.6. The summed E-state index contributed by atoms with van der Waals surface area (Å²) in [7, 11) is 1.62. The molecule has 1 aromatic rings. The Balaban J connectivity index is 1.44. The van der Waals surface area contributed by atoms with Crippen molar-refractivity contribution in [3.05, 3.63) is 29.3 Å². The van der Waals surface area contributed by atoms with E-state index in [0.29, 0.717) is 24.6 Å². The van der Waals surface area contributed by atoms with Crippen LogP contribution in [0.5, 0.6) is 5.75 Å². The fourth-order valence-corrected chi connectivity index (χ4v) is 5.03. The highest BCUT2D eigenvalue weighted by Crippen LogP contribution is 2.54. The van der Waals surface area contributed by atoms with Gasteiger partial charge in [0.05, 0.1) is 25.4 Å². The van der Waals surface area contributed by atoms with E-state index < -0.39 is 0 Å². The van der Waals surface area contributed by atoms with Crippen molar-refractivity contribution in [2.45, 2.75) is 38.4 Å². The number of aryl methyl sites for hydroxylation is 1. The fourth-order valence-electron chi connectivity index (χ4n) is 5.03. The summed E-state index contributed by atoms with van der Waals surface area (Å²) in [6.45, 7) is 5.56. The number of amides is 2. The Morgan fingerprint density at radius 2 is 2.23 bits per heavy atom. The van der Waals surface area contributed by atoms with Gasteiger partial charge in [0.15, 0.2) is 0 Å². The molecule has 3 aliphatic heterocycles. The summed E-state index contributed by atoms with van der Waals surface area (Å²) in [6, 6.07) is 5.47. The van der Waals surface area contributed by atoms with Gasteiger partial charge in [0.1, 0.15) is 5.75 Å². The summed E-state index contributed by atoms with van der Waals surface area (Å²) < 4.78 is 11.5. The largest absolute Gasteiger partial charge is 0.497 e. The Hall–Kier alpha value is -2.08. The lowest BCUT2D eigenvalue weighted by atomic mass is 9.73. The van der Waals surface area contributed by atoms with Crippen LogP contribution in [0.3, 0.4) is 0 Å². The van der Waals surface area contributed by atoms with Gasteiger partial charge in [-0.05, 0) is 43.5 Å². The molecule has 6 nitrogen and oxygen atoms in total. The lowest BCUT2D eigenvalue weighted by molar-refractivity contribution is -0.129. The first kappa shape index (κ1) is 17.3. The molecule has 3 fully saturated rings. The average molecular weight is 358 g/mol. The Labute approximate surface area is 153 Å². The van der Waals surface area contributed by atoms with Crippen LogP contribution in [0.2, 0.25) is 0 Å². The molecule has 0 aliphatic carbocycles. The van der Waals surface area contributed by atoms with Gasteiger partial charge in [-0.2, -0.15) is 0 Å². The number of hydrogen-bond acceptors (Lipinski definition) is 4. The molecule has 140 valence electrons. The van der Waals surface area contributed by atoms with Crippen molar-refractivity contribution in [1.29, 1.82) is 0 Å². The van der Waals surface area contributed by atoms with Crippen molar-refractivity contribution in [1.82, 2.24) is 10.2 Å². The number of ether oxygens (including phenoxy) is 2. The van der Waals surface area contributed by atoms with Crippen LogP contribution in [0.15, 0.2) is 18.2 Å². The van der Waals surface area contributed by atoms with Crippen molar-refractivity contribution in [2.75, 3.05) is 26.7 Å².